The Morgan fingerprint density at radius 1 is 0.963 bits per heavy atom. The summed E-state index contributed by atoms with van der Waals surface area (Å²) in [5, 5.41) is 4.65. The zero-order valence-corrected chi connectivity index (χ0v) is 16.4. The molecule has 27 heavy (non-hydrogen) atoms. The first kappa shape index (κ1) is 22.1. The molecule has 0 aliphatic heterocycles. The van der Waals surface area contributed by atoms with Gasteiger partial charge in [-0.2, -0.15) is 0 Å². The summed E-state index contributed by atoms with van der Waals surface area (Å²) in [7, 11) is 4.40. The molecule has 1 aromatic rings. The predicted octanol–water partition coefficient (Wildman–Crippen LogP) is 1.42. The van der Waals surface area contributed by atoms with Crippen molar-refractivity contribution in [2.45, 2.75) is 32.7 Å². The largest absolute Gasteiger partial charge is 0.493 e. The molecular weight excluding hydrogens is 356 g/mol. The molecule has 0 atom stereocenters. The molecule has 2 N–H and O–H groups in total. The van der Waals surface area contributed by atoms with E-state index in [1.807, 2.05) is 0 Å². The Morgan fingerprint density at radius 3 is 1.96 bits per heavy atom. The lowest BCUT2D eigenvalue weighted by Gasteiger charge is -2.20. The summed E-state index contributed by atoms with van der Waals surface area (Å²) < 4.78 is 20.5. The van der Waals surface area contributed by atoms with Gasteiger partial charge in [-0.1, -0.05) is 0 Å². The molecule has 3 amide bonds. The summed E-state index contributed by atoms with van der Waals surface area (Å²) in [6.45, 7) is 4.75. The number of methoxy groups -OCH3 is 3. The van der Waals surface area contributed by atoms with Crippen LogP contribution in [0.1, 0.15) is 26.3 Å². The summed E-state index contributed by atoms with van der Waals surface area (Å²) in [6.07, 6.45) is -0.113. The van der Waals surface area contributed by atoms with Gasteiger partial charge in [-0.05, 0) is 38.5 Å². The number of hydrogen-bond acceptors (Lipinski definition) is 7. The number of urea groups is 1. The lowest BCUT2D eigenvalue weighted by Crippen LogP contribution is -2.49. The summed E-state index contributed by atoms with van der Waals surface area (Å²) in [4.78, 5) is 35.2. The highest BCUT2D eigenvalue weighted by atomic mass is 16.5. The molecule has 0 saturated carbocycles. The number of imide groups is 1. The number of amides is 3. The number of carbonyl (C=O) groups excluding carboxylic acids is 3. The Labute approximate surface area is 158 Å². The van der Waals surface area contributed by atoms with Crippen LogP contribution >= 0.6 is 0 Å². The molecule has 0 saturated heterocycles. The van der Waals surface area contributed by atoms with Crippen LogP contribution in [-0.4, -0.2) is 51.4 Å². The van der Waals surface area contributed by atoms with Crippen LogP contribution in [0.4, 0.5) is 4.79 Å². The summed E-state index contributed by atoms with van der Waals surface area (Å²) in [5.41, 5.74) is 0.0634. The van der Waals surface area contributed by atoms with Gasteiger partial charge in [0.25, 0.3) is 5.91 Å². The highest BCUT2D eigenvalue weighted by molar-refractivity contribution is 5.95. The summed E-state index contributed by atoms with van der Waals surface area (Å²) in [6, 6.07) is 2.56. The average Bonchev–Trinajstić information content (AvgIpc) is 2.57. The Morgan fingerprint density at radius 2 is 1.52 bits per heavy atom. The predicted molar refractivity (Wildman–Crippen MR) is 97.2 cm³/mol. The van der Waals surface area contributed by atoms with Crippen LogP contribution in [0.3, 0.4) is 0 Å². The number of ether oxygens (including phenoxy) is 4. The van der Waals surface area contributed by atoms with Gasteiger partial charge in [0, 0.05) is 5.54 Å². The molecule has 0 spiro atoms. The van der Waals surface area contributed by atoms with E-state index < -0.39 is 30.1 Å². The normalized spacial score (nSPS) is 10.6. The number of esters is 1. The molecule has 0 bridgehead atoms. The molecule has 0 radical (unpaired) electrons. The number of rotatable bonds is 7. The fourth-order valence-corrected chi connectivity index (χ4v) is 2.14. The van der Waals surface area contributed by atoms with Crippen LogP contribution in [0.25, 0.3) is 0 Å². The highest BCUT2D eigenvalue weighted by Gasteiger charge is 2.18. The van der Waals surface area contributed by atoms with E-state index >= 15 is 0 Å². The van der Waals surface area contributed by atoms with Gasteiger partial charge < -0.3 is 24.3 Å². The third-order valence-corrected chi connectivity index (χ3v) is 3.18. The molecular formula is C18H26N2O7. The summed E-state index contributed by atoms with van der Waals surface area (Å²) >= 11 is 0. The number of nitrogens with one attached hydrogen (secondary N) is 2. The SMILES string of the molecule is COc1cc(CC(=O)OCC(=O)NC(=O)NC(C)(C)C)cc(OC)c1OC. The first-order valence-corrected chi connectivity index (χ1v) is 8.16. The Balaban J connectivity index is 2.62. The second-order valence-electron chi connectivity index (χ2n) is 6.62. The number of carbonyl (C=O) groups is 3. The first-order valence-electron chi connectivity index (χ1n) is 8.16. The van der Waals surface area contributed by atoms with Crippen LogP contribution in [-0.2, 0) is 20.7 Å². The molecule has 0 fully saturated rings. The maximum atomic E-state index is 12.0. The molecule has 150 valence electrons. The number of hydrogen-bond donors (Lipinski definition) is 2. The quantitative estimate of drug-likeness (QED) is 0.686. The molecule has 9 nitrogen and oxygen atoms in total. The second-order valence-corrected chi connectivity index (χ2v) is 6.62. The van der Waals surface area contributed by atoms with E-state index in [0.717, 1.165) is 0 Å². The van der Waals surface area contributed by atoms with Gasteiger partial charge in [-0.25, -0.2) is 4.79 Å². The van der Waals surface area contributed by atoms with Crippen LogP contribution in [0, 0.1) is 0 Å². The topological polar surface area (TPSA) is 112 Å². The van der Waals surface area contributed by atoms with Gasteiger partial charge in [0.05, 0.1) is 27.8 Å². The maximum Gasteiger partial charge on any atom is 0.321 e. The monoisotopic (exact) mass is 382 g/mol. The lowest BCUT2D eigenvalue weighted by atomic mass is 10.1. The van der Waals surface area contributed by atoms with Crippen LogP contribution in [0.5, 0.6) is 17.2 Å². The fourth-order valence-electron chi connectivity index (χ4n) is 2.14. The third-order valence-electron chi connectivity index (χ3n) is 3.18. The fraction of sp³-hybridized carbons (Fsp3) is 0.500. The molecule has 0 heterocycles. The van der Waals surface area contributed by atoms with Gasteiger partial charge in [0.1, 0.15) is 0 Å². The summed E-state index contributed by atoms with van der Waals surface area (Å²) in [5.74, 6) is -0.167. The van der Waals surface area contributed by atoms with E-state index in [-0.39, 0.29) is 6.42 Å². The van der Waals surface area contributed by atoms with Gasteiger partial charge >= 0.3 is 12.0 Å². The van der Waals surface area contributed by atoms with Gasteiger partial charge in [0.15, 0.2) is 18.1 Å². The highest BCUT2D eigenvalue weighted by Crippen LogP contribution is 2.38. The number of benzene rings is 1. The zero-order chi connectivity index (χ0) is 20.6. The van der Waals surface area contributed by atoms with Crippen molar-refractivity contribution in [1.82, 2.24) is 10.6 Å². The van der Waals surface area contributed by atoms with E-state index in [4.69, 9.17) is 18.9 Å². The van der Waals surface area contributed by atoms with Crippen molar-refractivity contribution < 1.29 is 33.3 Å². The maximum absolute atomic E-state index is 12.0. The van der Waals surface area contributed by atoms with Crippen LogP contribution in [0.2, 0.25) is 0 Å². The van der Waals surface area contributed by atoms with E-state index in [1.54, 1.807) is 32.9 Å². The van der Waals surface area contributed by atoms with Crippen molar-refractivity contribution in [3.63, 3.8) is 0 Å². The van der Waals surface area contributed by atoms with Crippen LogP contribution < -0.4 is 24.8 Å². The van der Waals surface area contributed by atoms with Gasteiger partial charge in [-0.3, -0.25) is 14.9 Å². The zero-order valence-electron chi connectivity index (χ0n) is 16.4. The van der Waals surface area contributed by atoms with Crippen molar-refractivity contribution in [3.8, 4) is 17.2 Å². The van der Waals surface area contributed by atoms with Crippen molar-refractivity contribution in [2.24, 2.45) is 0 Å². The van der Waals surface area contributed by atoms with Crippen LogP contribution in [0.15, 0.2) is 12.1 Å². The molecule has 1 aromatic carbocycles. The molecule has 0 aliphatic rings. The second kappa shape index (κ2) is 9.65. The Bertz CT molecular complexity index is 670. The first-order chi connectivity index (χ1) is 12.6. The van der Waals surface area contributed by atoms with Crippen molar-refractivity contribution in [1.29, 1.82) is 0 Å². The lowest BCUT2D eigenvalue weighted by molar-refractivity contribution is -0.147. The smallest absolute Gasteiger partial charge is 0.321 e. The third kappa shape index (κ3) is 7.43. The van der Waals surface area contributed by atoms with Gasteiger partial charge in [0.2, 0.25) is 5.75 Å². The minimum atomic E-state index is -0.727. The van der Waals surface area contributed by atoms with Gasteiger partial charge in [-0.15, -0.1) is 0 Å². The minimum Gasteiger partial charge on any atom is -0.493 e. The molecule has 0 aliphatic carbocycles. The Hall–Kier alpha value is -2.97. The molecule has 9 heteroatoms. The minimum absolute atomic E-state index is 0.113. The average molecular weight is 382 g/mol. The van der Waals surface area contributed by atoms with E-state index in [9.17, 15) is 14.4 Å². The van der Waals surface area contributed by atoms with E-state index in [0.29, 0.717) is 22.8 Å². The molecule has 0 unspecified atom stereocenters. The van der Waals surface area contributed by atoms with Crippen molar-refractivity contribution >= 4 is 17.9 Å². The Kier molecular flexibility index (Phi) is 7.89. The molecule has 0 aromatic heterocycles. The molecule has 1 rings (SSSR count). The van der Waals surface area contributed by atoms with E-state index in [1.165, 1.54) is 21.3 Å². The van der Waals surface area contributed by atoms with E-state index in [2.05, 4.69) is 10.6 Å². The van der Waals surface area contributed by atoms with Crippen molar-refractivity contribution in [3.05, 3.63) is 17.7 Å². The van der Waals surface area contributed by atoms with Crippen molar-refractivity contribution in [2.75, 3.05) is 27.9 Å². The standard InChI is InChI=1S/C18H26N2O7/c1-18(2,3)20-17(23)19-14(21)10-27-15(22)9-11-7-12(24-4)16(26-6)13(8-11)25-5/h7-8H,9-10H2,1-6H3,(H2,19,20,21,23).